The molecule has 330 valence electrons. The van der Waals surface area contributed by atoms with Crippen molar-refractivity contribution in [1.29, 1.82) is 0 Å². The Morgan fingerprint density at radius 2 is 1.11 bits per heavy atom. The topological polar surface area (TPSA) is 138 Å². The van der Waals surface area contributed by atoms with Gasteiger partial charge in [-0.3, -0.25) is 19.4 Å². The molecule has 0 radical (unpaired) electrons. The van der Waals surface area contributed by atoms with E-state index in [1.54, 1.807) is 67.3 Å². The highest BCUT2D eigenvalue weighted by atomic mass is 35.5. The maximum atomic E-state index is 12.5. The number of carbonyl (C=O) groups excluding carboxylic acids is 2. The quantitative estimate of drug-likeness (QED) is 0.141. The Kier molecular flexibility index (Phi) is 14.4. The Balaban J connectivity index is 0.000000163. The van der Waals surface area contributed by atoms with E-state index in [1.807, 2.05) is 30.3 Å². The minimum Gasteiger partial charge on any atom is -0.379 e. The van der Waals surface area contributed by atoms with Crippen molar-refractivity contribution in [3.8, 4) is 0 Å². The van der Waals surface area contributed by atoms with Crippen molar-refractivity contribution in [1.82, 2.24) is 34.6 Å². The smallest absolute Gasteiger partial charge is 0.253 e. The number of anilines is 2. The van der Waals surface area contributed by atoms with E-state index < -0.39 is 5.24 Å². The molecule has 4 aromatic heterocycles. The van der Waals surface area contributed by atoms with Gasteiger partial charge in [0.25, 0.3) is 11.1 Å². The van der Waals surface area contributed by atoms with Gasteiger partial charge in [0.15, 0.2) is 0 Å². The highest BCUT2D eigenvalue weighted by Crippen LogP contribution is 2.39. The van der Waals surface area contributed by atoms with Gasteiger partial charge in [-0.25, -0.2) is 19.9 Å². The summed E-state index contributed by atoms with van der Waals surface area (Å²) in [5.41, 5.74) is 1.19. The first-order valence-corrected chi connectivity index (χ1v) is 23.9. The highest BCUT2D eigenvalue weighted by molar-refractivity contribution is 7.26. The Hall–Kier alpha value is -4.09. The molecule has 2 saturated heterocycles. The predicted molar refractivity (Wildman–Crippen MR) is 254 cm³/mol. The van der Waals surface area contributed by atoms with Crippen molar-refractivity contribution in [2.45, 2.75) is 89.4 Å². The molecule has 4 fully saturated rings. The lowest BCUT2D eigenvalue weighted by atomic mass is 9.90. The number of halogens is 1. The maximum absolute atomic E-state index is 12.5. The summed E-state index contributed by atoms with van der Waals surface area (Å²) in [6.07, 6.45) is 12.6. The second-order valence-electron chi connectivity index (χ2n) is 16.5. The number of fused-ring (bicyclic) bond motifs is 6. The molecule has 2 saturated carbocycles. The van der Waals surface area contributed by atoms with Crippen LogP contribution in [-0.4, -0.2) is 137 Å². The molecule has 13 nitrogen and oxygen atoms in total. The Labute approximate surface area is 377 Å². The van der Waals surface area contributed by atoms with Crippen molar-refractivity contribution in [3.63, 3.8) is 0 Å². The molecule has 4 aliphatic rings. The van der Waals surface area contributed by atoms with Crippen LogP contribution in [0.3, 0.4) is 0 Å². The number of thiophene rings is 2. The van der Waals surface area contributed by atoms with Crippen molar-refractivity contribution in [3.05, 3.63) is 60.2 Å². The molecule has 2 aromatic carbocycles. The average Bonchev–Trinajstić information content (AvgIpc) is 3.89. The van der Waals surface area contributed by atoms with E-state index in [0.29, 0.717) is 42.2 Å². The molecule has 0 unspecified atom stereocenters. The minimum absolute atomic E-state index is 0.00837. The van der Waals surface area contributed by atoms with Gasteiger partial charge in [-0.1, -0.05) is 13.8 Å². The van der Waals surface area contributed by atoms with E-state index in [1.165, 1.54) is 25.7 Å². The summed E-state index contributed by atoms with van der Waals surface area (Å²) in [4.78, 5) is 50.9. The predicted octanol–water partition coefficient (Wildman–Crippen LogP) is 8.91. The standard InChI is InChI=1S/C23H29N5O2S.C21H23ClN4O2S.C2H6/c1-27(2)23(29)15-3-8-19-18(13-15)20-21(24-14-25-22(20)31-19)26-16-4-6-17(7-5-16)28-9-11-30-12-10-28;22-19(27)13-1-6-17-16(11-13)18-20(23-12-24-21(18)29-17)25-14-2-4-15(5-3-14)26-7-9-28-10-8-26;1-2/h3,8,13-14,16-17H,4-7,9-12H2,1-2H3,(H,24,25,26);1,6,11-12,14-15H,2-5,7-10H2,(H,23,24,25);1-2H3/i;;1D. The van der Waals surface area contributed by atoms with Crippen LogP contribution in [0.4, 0.5) is 11.6 Å². The van der Waals surface area contributed by atoms with E-state index in [0.717, 1.165) is 131 Å². The Morgan fingerprint density at radius 3 is 1.53 bits per heavy atom. The number of carbonyl (C=O) groups is 2. The lowest BCUT2D eigenvalue weighted by Crippen LogP contribution is -2.46. The fourth-order valence-corrected chi connectivity index (χ4v) is 11.6. The van der Waals surface area contributed by atoms with Gasteiger partial charge in [-0.15, -0.1) is 22.7 Å². The van der Waals surface area contributed by atoms with E-state index >= 15 is 0 Å². The second kappa shape index (κ2) is 20.6. The molecular formula is C46H58ClN9O4S2. The molecular weight excluding hydrogens is 842 g/mol. The van der Waals surface area contributed by atoms with Gasteiger partial charge >= 0.3 is 0 Å². The van der Waals surface area contributed by atoms with Crippen LogP contribution >= 0.6 is 34.3 Å². The molecule has 16 heteroatoms. The molecule has 10 rings (SSSR count). The summed E-state index contributed by atoms with van der Waals surface area (Å²) >= 11 is 8.97. The summed E-state index contributed by atoms with van der Waals surface area (Å²) in [6, 6.07) is 13.6. The first-order valence-electron chi connectivity index (χ1n) is 22.6. The third-order valence-electron chi connectivity index (χ3n) is 12.6. The number of benzene rings is 2. The lowest BCUT2D eigenvalue weighted by Gasteiger charge is -2.39. The number of nitrogens with zero attached hydrogens (tertiary/aromatic N) is 7. The third-order valence-corrected chi connectivity index (χ3v) is 15.0. The summed E-state index contributed by atoms with van der Waals surface area (Å²) in [5, 5.41) is 11.0. The van der Waals surface area contributed by atoms with Crippen molar-refractivity contribution in [2.75, 3.05) is 77.3 Å². The Morgan fingerprint density at radius 1 is 0.694 bits per heavy atom. The van der Waals surface area contributed by atoms with Gasteiger partial charge in [-0.2, -0.15) is 0 Å². The van der Waals surface area contributed by atoms with E-state index in [-0.39, 0.29) is 5.91 Å². The maximum Gasteiger partial charge on any atom is 0.253 e. The number of nitrogens with one attached hydrogen (secondary N) is 2. The van der Waals surface area contributed by atoms with Crippen LogP contribution in [0, 0.1) is 0 Å². The summed E-state index contributed by atoms with van der Waals surface area (Å²) in [5.74, 6) is 1.75. The van der Waals surface area contributed by atoms with Gasteiger partial charge in [0.2, 0.25) is 0 Å². The number of ether oxygens (including phenoxy) is 2. The third kappa shape index (κ3) is 9.99. The van der Waals surface area contributed by atoms with Gasteiger partial charge in [0.1, 0.15) is 34.0 Å². The van der Waals surface area contributed by atoms with Crippen LogP contribution in [0.25, 0.3) is 40.6 Å². The molecule has 6 heterocycles. The summed E-state index contributed by atoms with van der Waals surface area (Å²) in [7, 11) is 3.56. The van der Waals surface area contributed by atoms with E-state index in [9.17, 15) is 9.59 Å². The zero-order valence-corrected chi connectivity index (χ0v) is 38.3. The fourth-order valence-electron chi connectivity index (χ4n) is 9.39. The fraction of sp³-hybridized carbons (Fsp3) is 0.522. The second-order valence-corrected chi connectivity index (χ2v) is 18.9. The van der Waals surface area contributed by atoms with Crippen LogP contribution in [0.5, 0.6) is 0 Å². The minimum atomic E-state index is -0.445. The van der Waals surface area contributed by atoms with E-state index in [2.05, 4.69) is 40.4 Å². The normalized spacial score (nSPS) is 22.6. The average molecular weight is 902 g/mol. The van der Waals surface area contributed by atoms with Gasteiger partial charge in [-0.05, 0) is 99.4 Å². The van der Waals surface area contributed by atoms with Crippen molar-refractivity contribution in [2.24, 2.45) is 0 Å². The van der Waals surface area contributed by atoms with Crippen LogP contribution in [0.1, 0.15) is 87.3 Å². The SMILES string of the molecule is CN(C)C(=O)c1ccc2sc3ncnc(NC4CCC(N5CCOCC5)CC4)c3c2c1.O=C(Cl)c1ccc2sc3ncnc(NC4CCC(N5CCOCC5)CC4)c3c2c1.[2H]CC. The molecule has 0 spiro atoms. The largest absolute Gasteiger partial charge is 0.379 e. The molecule has 2 aliphatic carbocycles. The summed E-state index contributed by atoms with van der Waals surface area (Å²) < 4.78 is 19.4. The number of hydrogen-bond donors (Lipinski definition) is 2. The molecule has 62 heavy (non-hydrogen) atoms. The van der Waals surface area contributed by atoms with Crippen molar-refractivity contribution < 1.29 is 20.4 Å². The zero-order valence-electron chi connectivity index (χ0n) is 36.9. The first kappa shape index (κ1) is 43.2. The molecule has 0 bridgehead atoms. The molecule has 2 N–H and O–H groups in total. The van der Waals surface area contributed by atoms with Crippen LogP contribution in [0.2, 0.25) is 0 Å². The summed E-state index contributed by atoms with van der Waals surface area (Å²) in [6.45, 7) is 9.95. The van der Waals surface area contributed by atoms with Gasteiger partial charge in [0.05, 0.1) is 37.2 Å². The number of rotatable bonds is 8. The lowest BCUT2D eigenvalue weighted by molar-refractivity contribution is 0.00788. The molecule has 6 aromatic rings. The van der Waals surface area contributed by atoms with E-state index in [4.69, 9.17) is 22.4 Å². The van der Waals surface area contributed by atoms with Crippen LogP contribution in [0.15, 0.2) is 49.1 Å². The van der Waals surface area contributed by atoms with Gasteiger partial charge in [0, 0.05) is 97.1 Å². The molecule has 0 atom stereocenters. The Bertz CT molecular complexity index is 2490. The number of morpholine rings is 2. The zero-order chi connectivity index (χ0) is 43.9. The highest BCUT2D eigenvalue weighted by Gasteiger charge is 2.29. The molecule has 2 aliphatic heterocycles. The van der Waals surface area contributed by atoms with Crippen LogP contribution < -0.4 is 10.6 Å². The number of amides is 1. The monoisotopic (exact) mass is 900 g/mol. The number of hydrogen-bond acceptors (Lipinski definition) is 14. The molecule has 1 amide bonds. The van der Waals surface area contributed by atoms with Gasteiger partial charge < -0.3 is 25.0 Å². The first-order chi connectivity index (χ1) is 30.7. The number of aromatic nitrogens is 4. The van der Waals surface area contributed by atoms with Crippen LogP contribution in [-0.2, 0) is 9.47 Å². The van der Waals surface area contributed by atoms with Crippen molar-refractivity contribution >= 4 is 97.7 Å².